The number of rotatable bonds is 7. The molecule has 0 bridgehead atoms. The molecule has 1 N–H and O–H groups in total. The monoisotopic (exact) mass is 337 g/mol. The lowest BCUT2D eigenvalue weighted by Crippen LogP contribution is -2.46. The summed E-state index contributed by atoms with van der Waals surface area (Å²) in [5.74, 6) is 1.05. The minimum absolute atomic E-state index is 0.0432. The molecule has 2 heterocycles. The van der Waals surface area contributed by atoms with E-state index in [-0.39, 0.29) is 24.3 Å². The standard InChI is InChI=1S/C17H27N3O4/c1-12(2)7-15-8-14(19-24-15)9-18-17(22)13-5-4-6-20(10-13)16(21)11-23-3/h8,12-13H,4-7,9-11H2,1-3H3,(H,18,22)/t13-/m1/s1. The van der Waals surface area contributed by atoms with Crippen molar-refractivity contribution < 1.29 is 18.8 Å². The molecule has 1 aromatic heterocycles. The maximum atomic E-state index is 12.3. The van der Waals surface area contributed by atoms with Crippen molar-refractivity contribution in [2.45, 2.75) is 39.7 Å². The number of ether oxygens (including phenoxy) is 1. The lowest BCUT2D eigenvalue weighted by atomic mass is 9.97. The number of likely N-dealkylation sites (tertiary alicyclic amines) is 1. The van der Waals surface area contributed by atoms with Crippen LogP contribution in [0, 0.1) is 11.8 Å². The van der Waals surface area contributed by atoms with Crippen molar-refractivity contribution in [3.8, 4) is 0 Å². The molecule has 2 rings (SSSR count). The molecular weight excluding hydrogens is 310 g/mol. The Balaban J connectivity index is 1.81. The zero-order valence-corrected chi connectivity index (χ0v) is 14.7. The summed E-state index contributed by atoms with van der Waals surface area (Å²) in [6.07, 6.45) is 2.45. The van der Waals surface area contributed by atoms with Crippen LogP contribution in [-0.4, -0.2) is 48.7 Å². The minimum Gasteiger partial charge on any atom is -0.375 e. The smallest absolute Gasteiger partial charge is 0.248 e. The second-order valence-corrected chi connectivity index (χ2v) is 6.71. The van der Waals surface area contributed by atoms with E-state index in [9.17, 15) is 9.59 Å². The first-order chi connectivity index (χ1) is 11.5. The molecular formula is C17H27N3O4. The van der Waals surface area contributed by atoms with Crippen LogP contribution in [0.15, 0.2) is 10.6 Å². The van der Waals surface area contributed by atoms with E-state index >= 15 is 0 Å². The third kappa shape index (κ3) is 5.33. The number of amides is 2. The summed E-state index contributed by atoms with van der Waals surface area (Å²) in [7, 11) is 1.50. The molecule has 0 radical (unpaired) electrons. The van der Waals surface area contributed by atoms with Gasteiger partial charge in [0.1, 0.15) is 18.1 Å². The number of carbonyl (C=O) groups is 2. The zero-order chi connectivity index (χ0) is 17.5. The number of aromatic nitrogens is 1. The summed E-state index contributed by atoms with van der Waals surface area (Å²) in [4.78, 5) is 25.9. The average Bonchev–Trinajstić information content (AvgIpc) is 2.99. The normalized spacial score (nSPS) is 18.0. The van der Waals surface area contributed by atoms with Gasteiger partial charge in [-0.15, -0.1) is 0 Å². The molecule has 1 saturated heterocycles. The highest BCUT2D eigenvalue weighted by Crippen LogP contribution is 2.17. The molecule has 0 spiro atoms. The minimum atomic E-state index is -0.179. The van der Waals surface area contributed by atoms with E-state index in [0.29, 0.717) is 25.6 Å². The van der Waals surface area contributed by atoms with Gasteiger partial charge in [0.05, 0.1) is 12.5 Å². The highest BCUT2D eigenvalue weighted by atomic mass is 16.5. The summed E-state index contributed by atoms with van der Waals surface area (Å²) >= 11 is 0. The lowest BCUT2D eigenvalue weighted by Gasteiger charge is -2.31. The van der Waals surface area contributed by atoms with Gasteiger partial charge < -0.3 is 19.5 Å². The number of piperidine rings is 1. The van der Waals surface area contributed by atoms with Crippen LogP contribution < -0.4 is 5.32 Å². The summed E-state index contributed by atoms with van der Waals surface area (Å²) in [5.41, 5.74) is 0.724. The van der Waals surface area contributed by atoms with Crippen LogP contribution in [0.2, 0.25) is 0 Å². The van der Waals surface area contributed by atoms with Crippen molar-refractivity contribution >= 4 is 11.8 Å². The van der Waals surface area contributed by atoms with Gasteiger partial charge in [-0.1, -0.05) is 19.0 Å². The third-order valence-corrected chi connectivity index (χ3v) is 4.07. The predicted octanol–water partition coefficient (Wildman–Crippen LogP) is 1.37. The first-order valence-corrected chi connectivity index (χ1v) is 8.48. The van der Waals surface area contributed by atoms with Gasteiger partial charge in [-0.05, 0) is 18.8 Å². The highest BCUT2D eigenvalue weighted by molar-refractivity contribution is 5.81. The third-order valence-electron chi connectivity index (χ3n) is 4.07. The molecule has 1 aliphatic rings. The van der Waals surface area contributed by atoms with E-state index in [1.807, 2.05) is 6.07 Å². The van der Waals surface area contributed by atoms with Gasteiger partial charge >= 0.3 is 0 Å². The van der Waals surface area contributed by atoms with Crippen LogP contribution in [0.5, 0.6) is 0 Å². The zero-order valence-electron chi connectivity index (χ0n) is 14.7. The van der Waals surface area contributed by atoms with Crippen LogP contribution in [0.3, 0.4) is 0 Å². The molecule has 1 atom stereocenters. The van der Waals surface area contributed by atoms with Gasteiger partial charge in [0.15, 0.2) is 0 Å². The molecule has 24 heavy (non-hydrogen) atoms. The number of carbonyl (C=O) groups excluding carboxylic acids is 2. The SMILES string of the molecule is COCC(=O)N1CCC[C@@H](C(=O)NCc2cc(CC(C)C)on2)C1. The van der Waals surface area contributed by atoms with Crippen molar-refractivity contribution in [3.05, 3.63) is 17.5 Å². The Bertz CT molecular complexity index is 556. The molecule has 7 heteroatoms. The Morgan fingerprint density at radius 3 is 3.00 bits per heavy atom. The lowest BCUT2D eigenvalue weighted by molar-refractivity contribution is -0.139. The molecule has 1 aliphatic heterocycles. The van der Waals surface area contributed by atoms with E-state index in [1.165, 1.54) is 7.11 Å². The van der Waals surface area contributed by atoms with Crippen molar-refractivity contribution in [2.24, 2.45) is 11.8 Å². The van der Waals surface area contributed by atoms with E-state index in [4.69, 9.17) is 9.26 Å². The molecule has 0 aliphatic carbocycles. The van der Waals surface area contributed by atoms with Crippen LogP contribution in [0.1, 0.15) is 38.1 Å². The van der Waals surface area contributed by atoms with E-state index in [1.54, 1.807) is 4.90 Å². The van der Waals surface area contributed by atoms with Crippen molar-refractivity contribution in [3.63, 3.8) is 0 Å². The Hall–Kier alpha value is -1.89. The van der Waals surface area contributed by atoms with E-state index in [0.717, 1.165) is 30.7 Å². The van der Waals surface area contributed by atoms with Crippen LogP contribution in [0.25, 0.3) is 0 Å². The van der Waals surface area contributed by atoms with Gasteiger partial charge in [0.2, 0.25) is 11.8 Å². The fourth-order valence-corrected chi connectivity index (χ4v) is 2.89. The molecule has 0 aromatic carbocycles. The number of nitrogens with one attached hydrogen (secondary N) is 1. The fourth-order valence-electron chi connectivity index (χ4n) is 2.89. The summed E-state index contributed by atoms with van der Waals surface area (Å²) < 4.78 is 10.1. The van der Waals surface area contributed by atoms with Gasteiger partial charge in [-0.2, -0.15) is 0 Å². The summed E-state index contributed by atoms with van der Waals surface area (Å²) in [6.45, 7) is 5.78. The Morgan fingerprint density at radius 2 is 2.29 bits per heavy atom. The maximum absolute atomic E-state index is 12.3. The number of nitrogens with zero attached hydrogens (tertiary/aromatic N) is 2. The summed E-state index contributed by atoms with van der Waals surface area (Å²) in [5, 5.41) is 6.88. The van der Waals surface area contributed by atoms with Crippen LogP contribution in [0.4, 0.5) is 0 Å². The topological polar surface area (TPSA) is 84.7 Å². The molecule has 2 amide bonds. The molecule has 1 fully saturated rings. The van der Waals surface area contributed by atoms with Crippen LogP contribution in [-0.2, 0) is 27.3 Å². The second-order valence-electron chi connectivity index (χ2n) is 6.71. The Morgan fingerprint density at radius 1 is 1.50 bits per heavy atom. The first-order valence-electron chi connectivity index (χ1n) is 8.48. The van der Waals surface area contributed by atoms with Crippen molar-refractivity contribution in [2.75, 3.05) is 26.8 Å². The quantitative estimate of drug-likeness (QED) is 0.812. The van der Waals surface area contributed by atoms with Gasteiger partial charge in [0, 0.05) is 32.7 Å². The molecule has 1 aromatic rings. The van der Waals surface area contributed by atoms with Gasteiger partial charge in [0.25, 0.3) is 0 Å². The number of hydrogen-bond acceptors (Lipinski definition) is 5. The van der Waals surface area contributed by atoms with E-state index in [2.05, 4.69) is 24.3 Å². The fraction of sp³-hybridized carbons (Fsp3) is 0.706. The van der Waals surface area contributed by atoms with Gasteiger partial charge in [-0.25, -0.2) is 0 Å². The number of hydrogen-bond donors (Lipinski definition) is 1. The molecule has 0 unspecified atom stereocenters. The van der Waals surface area contributed by atoms with Gasteiger partial charge in [-0.3, -0.25) is 9.59 Å². The maximum Gasteiger partial charge on any atom is 0.248 e. The van der Waals surface area contributed by atoms with Crippen LogP contribution >= 0.6 is 0 Å². The second kappa shape index (κ2) is 8.82. The largest absolute Gasteiger partial charge is 0.375 e. The molecule has 0 saturated carbocycles. The van der Waals surface area contributed by atoms with Crippen molar-refractivity contribution in [1.29, 1.82) is 0 Å². The predicted molar refractivity (Wildman–Crippen MR) is 88.1 cm³/mol. The van der Waals surface area contributed by atoms with Crippen molar-refractivity contribution in [1.82, 2.24) is 15.4 Å². The Labute approximate surface area is 142 Å². The Kier molecular flexibility index (Phi) is 6.78. The first kappa shape index (κ1) is 18.4. The highest BCUT2D eigenvalue weighted by Gasteiger charge is 2.28. The molecule has 134 valence electrons. The average molecular weight is 337 g/mol. The van der Waals surface area contributed by atoms with E-state index < -0.39 is 0 Å². The molecule has 7 nitrogen and oxygen atoms in total. The summed E-state index contributed by atoms with van der Waals surface area (Å²) in [6, 6.07) is 1.88. The number of methoxy groups -OCH3 is 1.